The zero-order valence-corrected chi connectivity index (χ0v) is 15.4. The van der Waals surface area contributed by atoms with Crippen molar-refractivity contribution >= 4 is 39.6 Å². The maximum Gasteiger partial charge on any atom is 0.268 e. The highest BCUT2D eigenvalue weighted by Crippen LogP contribution is 2.27. The number of rotatable bonds is 3. The van der Waals surface area contributed by atoms with Crippen molar-refractivity contribution in [1.82, 2.24) is 9.13 Å². The summed E-state index contributed by atoms with van der Waals surface area (Å²) in [6.07, 6.45) is 0. The Bertz CT molecular complexity index is 1240. The Labute approximate surface area is 158 Å². The van der Waals surface area contributed by atoms with Crippen LogP contribution in [0.25, 0.3) is 21.6 Å². The standard InChI is InChI=1S/C20H13N2O2S2/c1-13(23)17-12-16-18(24)21(14-8-4-2-5-9-14)20(25)22(19(16)26-17)15-10-6-3-7-11-15/h2-11H,1H3. The summed E-state index contributed by atoms with van der Waals surface area (Å²) in [5.41, 5.74) is 1.24. The number of para-hydroxylation sites is 2. The molecular formula is C20H13N2O2S2. The first kappa shape index (κ1) is 16.6. The van der Waals surface area contributed by atoms with Crippen molar-refractivity contribution < 1.29 is 4.79 Å². The molecule has 2 heterocycles. The molecule has 2 aromatic heterocycles. The monoisotopic (exact) mass is 377 g/mol. The minimum absolute atomic E-state index is 0.123. The van der Waals surface area contributed by atoms with Gasteiger partial charge in [0.2, 0.25) is 0 Å². The molecule has 4 nitrogen and oxygen atoms in total. The lowest BCUT2D eigenvalue weighted by Crippen LogP contribution is -2.23. The van der Waals surface area contributed by atoms with Crippen molar-refractivity contribution in [2.45, 2.75) is 6.92 Å². The van der Waals surface area contributed by atoms with Gasteiger partial charge in [-0.1, -0.05) is 36.4 Å². The van der Waals surface area contributed by atoms with Crippen LogP contribution in [0, 0.1) is 10.8 Å². The Morgan fingerprint density at radius 2 is 1.50 bits per heavy atom. The number of hydrogen-bond acceptors (Lipinski definition) is 4. The van der Waals surface area contributed by atoms with Gasteiger partial charge in [0, 0.05) is 11.8 Å². The van der Waals surface area contributed by atoms with Crippen LogP contribution in [0.4, 0.5) is 0 Å². The van der Waals surface area contributed by atoms with Crippen molar-refractivity contribution in [3.63, 3.8) is 0 Å². The topological polar surface area (TPSA) is 44.0 Å². The first-order valence-electron chi connectivity index (χ1n) is 7.93. The van der Waals surface area contributed by atoms with Gasteiger partial charge in [0.25, 0.3) is 5.56 Å². The van der Waals surface area contributed by atoms with Crippen LogP contribution in [0.3, 0.4) is 0 Å². The van der Waals surface area contributed by atoms with Gasteiger partial charge in [-0.15, -0.1) is 11.3 Å². The van der Waals surface area contributed by atoms with Crippen LogP contribution in [0.2, 0.25) is 0 Å². The average Bonchev–Trinajstić information content (AvgIpc) is 3.09. The summed E-state index contributed by atoms with van der Waals surface area (Å²) in [6.45, 7) is 1.47. The minimum atomic E-state index is -0.271. The smallest absolute Gasteiger partial charge is 0.268 e. The van der Waals surface area contributed by atoms with Crippen LogP contribution in [-0.4, -0.2) is 14.9 Å². The summed E-state index contributed by atoms with van der Waals surface area (Å²) in [4.78, 5) is 26.0. The van der Waals surface area contributed by atoms with Crippen molar-refractivity contribution in [3.05, 3.63) is 86.7 Å². The van der Waals surface area contributed by atoms with Gasteiger partial charge in [0.1, 0.15) is 4.83 Å². The molecule has 0 saturated heterocycles. The molecule has 0 fully saturated rings. The van der Waals surface area contributed by atoms with Crippen LogP contribution >= 0.6 is 23.6 Å². The molecule has 1 radical (unpaired) electrons. The van der Waals surface area contributed by atoms with E-state index in [1.807, 2.05) is 65.2 Å². The molecule has 26 heavy (non-hydrogen) atoms. The van der Waals surface area contributed by atoms with Gasteiger partial charge in [0.05, 0.1) is 16.0 Å². The predicted octanol–water partition coefficient (Wildman–Crippen LogP) is 4.58. The maximum absolute atomic E-state index is 13.1. The molecule has 0 N–H and O–H groups in total. The number of ketones is 1. The molecule has 0 atom stereocenters. The number of thiophene rings is 1. The highest BCUT2D eigenvalue weighted by molar-refractivity contribution is 7.71. The van der Waals surface area contributed by atoms with E-state index >= 15 is 0 Å². The predicted molar refractivity (Wildman–Crippen MR) is 106 cm³/mol. The molecule has 2 aromatic carbocycles. The van der Waals surface area contributed by atoms with Crippen LogP contribution in [0.5, 0.6) is 0 Å². The zero-order valence-electron chi connectivity index (χ0n) is 13.8. The summed E-state index contributed by atoms with van der Waals surface area (Å²) in [6, 6.07) is 21.8. The Balaban J connectivity index is 2.20. The van der Waals surface area contributed by atoms with Crippen molar-refractivity contribution in [2.75, 3.05) is 0 Å². The summed E-state index contributed by atoms with van der Waals surface area (Å²) in [5, 5.41) is 0.363. The molecule has 0 unspecified atom stereocenters. The Morgan fingerprint density at radius 3 is 2.04 bits per heavy atom. The fraction of sp³-hybridized carbons (Fsp3) is 0.0500. The SMILES string of the molecule is CC(=O)c1[c]c2c(=O)n(-c3ccccc3)c(=S)n(-c3ccccc3)c2s1. The molecule has 4 aromatic rings. The van der Waals surface area contributed by atoms with Gasteiger partial charge in [-0.2, -0.15) is 0 Å². The van der Waals surface area contributed by atoms with E-state index in [0.29, 0.717) is 25.6 Å². The number of nitrogens with zero attached hydrogens (tertiary/aromatic N) is 2. The summed E-state index contributed by atoms with van der Waals surface area (Å²) < 4.78 is 3.66. The third-order valence-corrected chi connectivity index (χ3v) is 5.54. The molecule has 4 rings (SSSR count). The second-order valence-corrected chi connectivity index (χ2v) is 7.09. The van der Waals surface area contributed by atoms with E-state index in [0.717, 1.165) is 5.69 Å². The number of carbonyl (C=O) groups is 1. The van der Waals surface area contributed by atoms with Gasteiger partial charge in [-0.05, 0) is 43.4 Å². The molecule has 0 saturated carbocycles. The highest BCUT2D eigenvalue weighted by Gasteiger charge is 2.18. The van der Waals surface area contributed by atoms with Crippen LogP contribution < -0.4 is 5.56 Å². The van der Waals surface area contributed by atoms with Gasteiger partial charge >= 0.3 is 0 Å². The maximum atomic E-state index is 13.1. The molecule has 0 aliphatic carbocycles. The molecule has 6 heteroatoms. The fourth-order valence-electron chi connectivity index (χ4n) is 2.80. The zero-order chi connectivity index (χ0) is 18.3. The fourth-order valence-corrected chi connectivity index (χ4v) is 4.25. The molecule has 0 amide bonds. The van der Waals surface area contributed by atoms with Crippen molar-refractivity contribution in [1.29, 1.82) is 0 Å². The average molecular weight is 377 g/mol. The number of Topliss-reactive ketones (excluding diaryl/α,β-unsaturated/α-hetero) is 1. The minimum Gasteiger partial charge on any atom is -0.294 e. The van der Waals surface area contributed by atoms with E-state index in [1.165, 1.54) is 22.8 Å². The van der Waals surface area contributed by atoms with Gasteiger partial charge in [-0.3, -0.25) is 18.7 Å². The highest BCUT2D eigenvalue weighted by atomic mass is 32.1. The molecule has 127 valence electrons. The summed E-state index contributed by atoms with van der Waals surface area (Å²) >= 11 is 6.92. The quantitative estimate of drug-likeness (QED) is 0.388. The largest absolute Gasteiger partial charge is 0.294 e. The number of hydrogen-bond donors (Lipinski definition) is 0. The number of fused-ring (bicyclic) bond motifs is 1. The summed E-state index contributed by atoms with van der Waals surface area (Å²) in [7, 11) is 0. The van der Waals surface area contributed by atoms with Crippen LogP contribution in [0.1, 0.15) is 16.6 Å². The third kappa shape index (κ3) is 2.64. The first-order valence-corrected chi connectivity index (χ1v) is 9.16. The second kappa shape index (κ2) is 6.48. The lowest BCUT2D eigenvalue weighted by atomic mass is 10.2. The number of benzene rings is 2. The Hall–Kier alpha value is -2.83. The third-order valence-electron chi connectivity index (χ3n) is 4.00. The number of carbonyl (C=O) groups excluding carboxylic acids is 1. The van der Waals surface area contributed by atoms with E-state index < -0.39 is 0 Å². The van der Waals surface area contributed by atoms with Crippen LogP contribution in [-0.2, 0) is 0 Å². The molecule has 0 aliphatic heterocycles. The van der Waals surface area contributed by atoms with Crippen LogP contribution in [0.15, 0.2) is 65.5 Å². The number of aromatic nitrogens is 2. The molecule has 0 bridgehead atoms. The Morgan fingerprint density at radius 1 is 0.962 bits per heavy atom. The lowest BCUT2D eigenvalue weighted by Gasteiger charge is -2.14. The van der Waals surface area contributed by atoms with Crippen molar-refractivity contribution in [3.8, 4) is 11.4 Å². The van der Waals surface area contributed by atoms with E-state index in [9.17, 15) is 9.59 Å². The summed E-state index contributed by atoms with van der Waals surface area (Å²) in [5.74, 6) is -0.123. The van der Waals surface area contributed by atoms with E-state index in [2.05, 4.69) is 6.07 Å². The first-order chi connectivity index (χ1) is 12.6. The van der Waals surface area contributed by atoms with Crippen molar-refractivity contribution in [2.24, 2.45) is 0 Å². The van der Waals surface area contributed by atoms with Gasteiger partial charge < -0.3 is 0 Å². The van der Waals surface area contributed by atoms with E-state index in [-0.39, 0.29) is 11.3 Å². The van der Waals surface area contributed by atoms with Gasteiger partial charge in [-0.25, -0.2) is 0 Å². The Kier molecular flexibility index (Phi) is 4.14. The lowest BCUT2D eigenvalue weighted by molar-refractivity contribution is 0.102. The molecular weight excluding hydrogens is 364 g/mol. The van der Waals surface area contributed by atoms with E-state index in [4.69, 9.17) is 12.2 Å². The normalized spacial score (nSPS) is 11.0. The molecule has 0 aliphatic rings. The van der Waals surface area contributed by atoms with E-state index in [1.54, 1.807) is 0 Å². The molecule has 0 spiro atoms. The second-order valence-electron chi connectivity index (χ2n) is 5.72. The van der Waals surface area contributed by atoms with Gasteiger partial charge in [0.15, 0.2) is 10.6 Å².